The molecule has 0 saturated heterocycles. The third-order valence-corrected chi connectivity index (χ3v) is 2.72. The predicted molar refractivity (Wildman–Crippen MR) is 71.5 cm³/mol. The van der Waals surface area contributed by atoms with Gasteiger partial charge in [0, 0.05) is 18.0 Å². The van der Waals surface area contributed by atoms with Crippen LogP contribution in [0.5, 0.6) is 0 Å². The lowest BCUT2D eigenvalue weighted by Crippen LogP contribution is -2.32. The highest BCUT2D eigenvalue weighted by molar-refractivity contribution is 5.75. The fraction of sp³-hybridized carbons (Fsp3) is 0.214. The number of nitrogens with one attached hydrogen (secondary N) is 1. The van der Waals surface area contributed by atoms with E-state index in [2.05, 4.69) is 10.3 Å². The van der Waals surface area contributed by atoms with Gasteiger partial charge in [-0.05, 0) is 25.1 Å². The van der Waals surface area contributed by atoms with E-state index in [1.807, 2.05) is 18.2 Å². The van der Waals surface area contributed by atoms with Gasteiger partial charge in [-0.15, -0.1) is 0 Å². The summed E-state index contributed by atoms with van der Waals surface area (Å²) in [5.41, 5.74) is 1.27. The Labute approximate surface area is 110 Å². The largest absolute Gasteiger partial charge is 0.349 e. The molecule has 0 aliphatic heterocycles. The average Bonchev–Trinajstić information content (AvgIpc) is 2.43. The molecular weight excluding hydrogens is 242 g/mol. The summed E-state index contributed by atoms with van der Waals surface area (Å²) < 4.78 is 1.39. The molecule has 2 heterocycles. The van der Waals surface area contributed by atoms with E-state index in [0.29, 0.717) is 12.1 Å². The third kappa shape index (κ3) is 3.51. The first kappa shape index (κ1) is 13.0. The zero-order valence-electron chi connectivity index (χ0n) is 10.7. The highest BCUT2D eigenvalue weighted by atomic mass is 16.2. The monoisotopic (exact) mass is 257 g/mol. The fourth-order valence-electron chi connectivity index (χ4n) is 1.68. The zero-order valence-corrected chi connectivity index (χ0v) is 10.7. The number of rotatable bonds is 4. The van der Waals surface area contributed by atoms with Crippen molar-refractivity contribution in [1.82, 2.24) is 14.9 Å². The quantitative estimate of drug-likeness (QED) is 0.884. The maximum Gasteiger partial charge on any atom is 0.253 e. The van der Waals surface area contributed by atoms with Crippen LogP contribution in [0.2, 0.25) is 0 Å². The van der Waals surface area contributed by atoms with Crippen molar-refractivity contribution < 1.29 is 4.79 Å². The van der Waals surface area contributed by atoms with Crippen molar-refractivity contribution in [3.05, 3.63) is 64.3 Å². The summed E-state index contributed by atoms with van der Waals surface area (Å²) in [6.07, 6.45) is 3.28. The van der Waals surface area contributed by atoms with Gasteiger partial charge in [0.15, 0.2) is 0 Å². The van der Waals surface area contributed by atoms with Crippen LogP contribution in [-0.2, 0) is 17.9 Å². The van der Waals surface area contributed by atoms with Gasteiger partial charge in [0.1, 0.15) is 6.54 Å². The van der Waals surface area contributed by atoms with Crippen molar-refractivity contribution in [3.63, 3.8) is 0 Å². The van der Waals surface area contributed by atoms with Gasteiger partial charge in [-0.3, -0.25) is 14.6 Å². The van der Waals surface area contributed by atoms with Crippen LogP contribution in [0.3, 0.4) is 0 Å². The number of pyridine rings is 2. The van der Waals surface area contributed by atoms with Gasteiger partial charge < -0.3 is 9.88 Å². The third-order valence-electron chi connectivity index (χ3n) is 2.72. The summed E-state index contributed by atoms with van der Waals surface area (Å²) in [6, 6.07) is 8.99. The lowest BCUT2D eigenvalue weighted by atomic mass is 10.3. The van der Waals surface area contributed by atoms with Crippen LogP contribution in [0.15, 0.2) is 47.5 Å². The number of carbonyl (C=O) groups excluding carboxylic acids is 1. The molecule has 5 nitrogen and oxygen atoms in total. The molecule has 1 N–H and O–H groups in total. The molecule has 1 amide bonds. The molecule has 0 spiro atoms. The van der Waals surface area contributed by atoms with E-state index in [1.54, 1.807) is 31.5 Å². The van der Waals surface area contributed by atoms with Crippen LogP contribution in [0.4, 0.5) is 0 Å². The summed E-state index contributed by atoms with van der Waals surface area (Å²) in [4.78, 5) is 27.6. The molecular formula is C14H15N3O2. The molecule has 0 bridgehead atoms. The summed E-state index contributed by atoms with van der Waals surface area (Å²) in [5, 5.41) is 2.73. The smallest absolute Gasteiger partial charge is 0.253 e. The average molecular weight is 257 g/mol. The Hall–Kier alpha value is -2.43. The highest BCUT2D eigenvalue weighted by Gasteiger charge is 2.05. The van der Waals surface area contributed by atoms with Crippen molar-refractivity contribution in [1.29, 1.82) is 0 Å². The van der Waals surface area contributed by atoms with Gasteiger partial charge in [-0.1, -0.05) is 12.1 Å². The Balaban J connectivity index is 1.95. The van der Waals surface area contributed by atoms with E-state index in [4.69, 9.17) is 0 Å². The summed E-state index contributed by atoms with van der Waals surface area (Å²) in [5.74, 6) is -0.210. The second-order valence-electron chi connectivity index (χ2n) is 4.22. The molecule has 0 atom stereocenters. The number of hydrogen-bond acceptors (Lipinski definition) is 3. The summed E-state index contributed by atoms with van der Waals surface area (Å²) in [6.45, 7) is 2.11. The van der Waals surface area contributed by atoms with Crippen LogP contribution < -0.4 is 10.9 Å². The Kier molecular flexibility index (Phi) is 4.07. The standard InChI is InChI=1S/C14H15N3O2/c1-11-5-4-8-17(14(11)19)10-13(18)16-9-12-6-2-3-7-15-12/h2-8H,9-10H2,1H3,(H,16,18). The van der Waals surface area contributed by atoms with Crippen LogP contribution >= 0.6 is 0 Å². The Bertz CT molecular complexity index is 620. The van der Waals surface area contributed by atoms with Crippen LogP contribution in [0.25, 0.3) is 0 Å². The number of carbonyl (C=O) groups is 1. The molecule has 2 aromatic rings. The van der Waals surface area contributed by atoms with E-state index in [0.717, 1.165) is 5.69 Å². The van der Waals surface area contributed by atoms with E-state index in [1.165, 1.54) is 4.57 Å². The van der Waals surface area contributed by atoms with Crippen molar-refractivity contribution in [2.75, 3.05) is 0 Å². The number of nitrogens with zero attached hydrogens (tertiary/aromatic N) is 2. The van der Waals surface area contributed by atoms with Gasteiger partial charge in [0.2, 0.25) is 5.91 Å². The van der Waals surface area contributed by atoms with E-state index in [-0.39, 0.29) is 18.0 Å². The number of amides is 1. The Morgan fingerprint density at radius 1 is 1.32 bits per heavy atom. The first-order valence-corrected chi connectivity index (χ1v) is 5.99. The van der Waals surface area contributed by atoms with Crippen LogP contribution in [0, 0.1) is 6.92 Å². The van der Waals surface area contributed by atoms with Crippen molar-refractivity contribution in [2.45, 2.75) is 20.0 Å². The number of hydrogen-bond donors (Lipinski definition) is 1. The molecule has 0 fully saturated rings. The minimum absolute atomic E-state index is 0.0212. The predicted octanol–water partition coefficient (Wildman–Crippen LogP) is 0.868. The van der Waals surface area contributed by atoms with Gasteiger partial charge in [0.05, 0.1) is 12.2 Å². The number of aryl methyl sites for hydroxylation is 1. The van der Waals surface area contributed by atoms with Gasteiger partial charge in [-0.25, -0.2) is 0 Å². The highest BCUT2D eigenvalue weighted by Crippen LogP contribution is 1.93. The summed E-state index contributed by atoms with van der Waals surface area (Å²) in [7, 11) is 0. The van der Waals surface area contributed by atoms with Gasteiger partial charge >= 0.3 is 0 Å². The molecule has 0 radical (unpaired) electrons. The van der Waals surface area contributed by atoms with Crippen molar-refractivity contribution >= 4 is 5.91 Å². The lowest BCUT2D eigenvalue weighted by Gasteiger charge is -2.07. The molecule has 0 aliphatic carbocycles. The first-order valence-electron chi connectivity index (χ1n) is 5.99. The molecule has 2 rings (SSSR count). The van der Waals surface area contributed by atoms with E-state index >= 15 is 0 Å². The minimum atomic E-state index is -0.210. The molecule has 98 valence electrons. The minimum Gasteiger partial charge on any atom is -0.349 e. The zero-order chi connectivity index (χ0) is 13.7. The molecule has 0 unspecified atom stereocenters. The van der Waals surface area contributed by atoms with Crippen LogP contribution in [-0.4, -0.2) is 15.5 Å². The second-order valence-corrected chi connectivity index (χ2v) is 4.22. The SMILES string of the molecule is Cc1cccn(CC(=O)NCc2ccccn2)c1=O. The Morgan fingerprint density at radius 3 is 2.89 bits per heavy atom. The molecule has 0 aromatic carbocycles. The second kappa shape index (κ2) is 5.95. The molecule has 19 heavy (non-hydrogen) atoms. The molecule has 2 aromatic heterocycles. The topological polar surface area (TPSA) is 64.0 Å². The molecule has 0 aliphatic rings. The Morgan fingerprint density at radius 2 is 2.16 bits per heavy atom. The van der Waals surface area contributed by atoms with Gasteiger partial charge in [-0.2, -0.15) is 0 Å². The number of aromatic nitrogens is 2. The normalized spacial score (nSPS) is 10.2. The van der Waals surface area contributed by atoms with Gasteiger partial charge in [0.25, 0.3) is 5.56 Å². The lowest BCUT2D eigenvalue weighted by molar-refractivity contribution is -0.121. The maximum absolute atomic E-state index is 11.8. The van der Waals surface area contributed by atoms with Crippen molar-refractivity contribution in [2.24, 2.45) is 0 Å². The summed E-state index contributed by atoms with van der Waals surface area (Å²) >= 11 is 0. The van der Waals surface area contributed by atoms with Crippen molar-refractivity contribution in [3.8, 4) is 0 Å². The van der Waals surface area contributed by atoms with E-state index < -0.39 is 0 Å². The fourth-order valence-corrected chi connectivity index (χ4v) is 1.68. The molecule has 5 heteroatoms. The van der Waals surface area contributed by atoms with E-state index in [9.17, 15) is 9.59 Å². The maximum atomic E-state index is 11.8. The first-order chi connectivity index (χ1) is 9.16. The molecule has 0 saturated carbocycles. The van der Waals surface area contributed by atoms with Crippen LogP contribution in [0.1, 0.15) is 11.3 Å².